The van der Waals surface area contributed by atoms with E-state index in [-0.39, 0.29) is 30.5 Å². The van der Waals surface area contributed by atoms with Crippen molar-refractivity contribution in [2.24, 2.45) is 0 Å². The van der Waals surface area contributed by atoms with Crippen LogP contribution in [0.4, 0.5) is 0 Å². The third kappa shape index (κ3) is 3.01. The lowest BCUT2D eigenvalue weighted by Crippen LogP contribution is -2.72. The van der Waals surface area contributed by atoms with Gasteiger partial charge in [-0.2, -0.15) is 0 Å². The summed E-state index contributed by atoms with van der Waals surface area (Å²) >= 11 is 7.50. The van der Waals surface area contributed by atoms with E-state index in [0.717, 1.165) is 4.90 Å². The predicted molar refractivity (Wildman–Crippen MR) is 96.5 cm³/mol. The molecule has 0 aromatic rings. The lowest BCUT2D eigenvalue weighted by Gasteiger charge is -2.48. The van der Waals surface area contributed by atoms with Crippen LogP contribution in [0, 0.1) is 0 Å². The number of β-lactam (4-membered cyclic amide) rings is 1. The van der Waals surface area contributed by atoms with E-state index in [0.29, 0.717) is 6.42 Å². The molecule has 26 heavy (non-hydrogen) atoms. The normalized spacial score (nSPS) is 34.7. The quantitative estimate of drug-likeness (QED) is 0.308. The van der Waals surface area contributed by atoms with E-state index >= 15 is 0 Å². The first-order valence-electron chi connectivity index (χ1n) is 8.64. The SMILES string of the molecule is CC(C)(C)OC(=O)C1N2C(=O)C(N3C(=O)CCCC3=O)[C@@H]2S[C@@]1(C)CCl. The molecule has 3 heterocycles. The molecule has 3 saturated heterocycles. The van der Waals surface area contributed by atoms with Crippen LogP contribution in [0.3, 0.4) is 0 Å². The van der Waals surface area contributed by atoms with E-state index < -0.39 is 39.7 Å². The van der Waals surface area contributed by atoms with Crippen molar-refractivity contribution in [2.75, 3.05) is 5.88 Å². The van der Waals surface area contributed by atoms with Crippen LogP contribution >= 0.6 is 23.4 Å². The van der Waals surface area contributed by atoms with Crippen molar-refractivity contribution >= 4 is 47.1 Å². The summed E-state index contributed by atoms with van der Waals surface area (Å²) < 4.78 is 4.74. The second kappa shape index (κ2) is 6.41. The Morgan fingerprint density at radius 2 is 1.85 bits per heavy atom. The molecule has 0 N–H and O–H groups in total. The van der Waals surface area contributed by atoms with Crippen LogP contribution < -0.4 is 0 Å². The molecule has 3 amide bonds. The van der Waals surface area contributed by atoms with Crippen molar-refractivity contribution in [1.29, 1.82) is 0 Å². The van der Waals surface area contributed by atoms with Crippen molar-refractivity contribution in [3.05, 3.63) is 0 Å². The highest BCUT2D eigenvalue weighted by Crippen LogP contribution is 2.53. The molecule has 3 rings (SSSR count). The number of carbonyl (C=O) groups excluding carboxylic acids is 4. The maximum atomic E-state index is 12.8. The summed E-state index contributed by atoms with van der Waals surface area (Å²) in [7, 11) is 0. The summed E-state index contributed by atoms with van der Waals surface area (Å²) in [6, 6.07) is -1.69. The molecule has 0 bridgehead atoms. The molecule has 2 unspecified atom stereocenters. The van der Waals surface area contributed by atoms with Gasteiger partial charge in [-0.1, -0.05) is 0 Å². The van der Waals surface area contributed by atoms with E-state index in [4.69, 9.17) is 16.3 Å². The number of nitrogens with zero attached hydrogens (tertiary/aromatic N) is 2. The molecule has 0 aromatic heterocycles. The number of likely N-dealkylation sites (tertiary alicyclic amines) is 1. The van der Waals surface area contributed by atoms with Gasteiger partial charge < -0.3 is 9.64 Å². The largest absolute Gasteiger partial charge is 0.458 e. The molecule has 0 radical (unpaired) electrons. The molecule has 144 valence electrons. The van der Waals surface area contributed by atoms with Gasteiger partial charge in [-0.15, -0.1) is 23.4 Å². The fraction of sp³-hybridized carbons (Fsp3) is 0.765. The first-order valence-corrected chi connectivity index (χ1v) is 10.1. The zero-order valence-corrected chi connectivity index (χ0v) is 16.9. The number of esters is 1. The molecule has 4 atom stereocenters. The van der Waals surface area contributed by atoms with Crippen LogP contribution in [0.1, 0.15) is 47.0 Å². The number of rotatable bonds is 3. The summed E-state index contributed by atoms with van der Waals surface area (Å²) in [5, 5.41) is -0.463. The van der Waals surface area contributed by atoms with Gasteiger partial charge in [0.15, 0.2) is 0 Å². The summed E-state index contributed by atoms with van der Waals surface area (Å²) in [6.45, 7) is 7.08. The Balaban J connectivity index is 1.88. The number of halogens is 1. The molecule has 7 nitrogen and oxygen atoms in total. The van der Waals surface area contributed by atoms with Crippen molar-refractivity contribution in [3.8, 4) is 0 Å². The van der Waals surface area contributed by atoms with Crippen LogP contribution in [0.5, 0.6) is 0 Å². The molecule has 3 fully saturated rings. The third-order valence-corrected chi connectivity index (χ3v) is 7.14. The van der Waals surface area contributed by atoms with E-state index in [1.165, 1.54) is 16.7 Å². The van der Waals surface area contributed by atoms with Crippen molar-refractivity contribution in [2.45, 2.75) is 74.8 Å². The number of amides is 3. The molecular formula is C17H23ClN2O5S. The monoisotopic (exact) mass is 402 g/mol. The number of fused-ring (bicyclic) bond motifs is 1. The Bertz CT molecular complexity index is 663. The van der Waals surface area contributed by atoms with Gasteiger partial charge >= 0.3 is 5.97 Å². The number of ether oxygens (including phenoxy) is 1. The minimum absolute atomic E-state index is 0.135. The molecule has 0 spiro atoms. The number of carbonyl (C=O) groups is 4. The molecule has 0 saturated carbocycles. The average molecular weight is 403 g/mol. The Morgan fingerprint density at radius 3 is 2.35 bits per heavy atom. The average Bonchev–Trinajstić information content (AvgIpc) is 2.80. The van der Waals surface area contributed by atoms with Gasteiger partial charge in [0.2, 0.25) is 11.8 Å². The Kier molecular flexibility index (Phi) is 4.80. The molecule has 3 aliphatic heterocycles. The van der Waals surface area contributed by atoms with E-state index in [1.807, 2.05) is 6.92 Å². The highest BCUT2D eigenvalue weighted by Gasteiger charge is 2.68. The lowest BCUT2D eigenvalue weighted by molar-refractivity contribution is -0.178. The van der Waals surface area contributed by atoms with Crippen LogP contribution in [-0.2, 0) is 23.9 Å². The standard InChI is InChI=1S/C17H23ClN2O5S/c1-16(2,3)25-15(24)12-17(4,8-18)26-14-11(13(23)20(12)14)19-9(21)6-5-7-10(19)22/h11-12,14H,5-8H2,1-4H3/t11?,12?,14-,17-/m0/s1. The highest BCUT2D eigenvalue weighted by molar-refractivity contribution is 8.01. The molecule has 3 aliphatic rings. The Hall–Kier alpha value is -1.28. The zero-order chi connectivity index (χ0) is 19.4. The van der Waals surface area contributed by atoms with Crippen molar-refractivity contribution < 1.29 is 23.9 Å². The van der Waals surface area contributed by atoms with Gasteiger partial charge in [-0.05, 0) is 34.1 Å². The van der Waals surface area contributed by atoms with Crippen LogP contribution in [-0.4, -0.2) is 67.2 Å². The smallest absolute Gasteiger partial charge is 0.330 e. The second-order valence-corrected chi connectivity index (χ2v) is 10.0. The van der Waals surface area contributed by atoms with Gasteiger partial charge in [-0.3, -0.25) is 19.3 Å². The predicted octanol–water partition coefficient (Wildman–Crippen LogP) is 1.52. The van der Waals surface area contributed by atoms with Crippen LogP contribution in [0.15, 0.2) is 0 Å². The number of alkyl halides is 1. The zero-order valence-electron chi connectivity index (χ0n) is 15.3. The van der Waals surface area contributed by atoms with Gasteiger partial charge in [0.05, 0.1) is 4.75 Å². The highest BCUT2D eigenvalue weighted by atomic mass is 35.5. The summed E-state index contributed by atoms with van der Waals surface area (Å²) in [5.41, 5.74) is -0.695. The van der Waals surface area contributed by atoms with E-state index in [1.54, 1.807) is 20.8 Å². The summed E-state index contributed by atoms with van der Waals surface area (Å²) in [4.78, 5) is 52.5. The Morgan fingerprint density at radius 1 is 1.27 bits per heavy atom. The number of imide groups is 1. The lowest BCUT2D eigenvalue weighted by atomic mass is 9.93. The second-order valence-electron chi connectivity index (χ2n) is 8.09. The first kappa shape index (κ1) is 19.5. The van der Waals surface area contributed by atoms with E-state index in [9.17, 15) is 19.2 Å². The van der Waals surface area contributed by atoms with Gasteiger partial charge in [-0.25, -0.2) is 4.79 Å². The number of hydrogen-bond acceptors (Lipinski definition) is 6. The third-order valence-electron chi connectivity index (χ3n) is 4.79. The fourth-order valence-electron chi connectivity index (χ4n) is 3.64. The van der Waals surface area contributed by atoms with Crippen molar-refractivity contribution in [3.63, 3.8) is 0 Å². The van der Waals surface area contributed by atoms with E-state index in [2.05, 4.69) is 0 Å². The maximum absolute atomic E-state index is 12.8. The topological polar surface area (TPSA) is 84.0 Å². The molecule has 0 aromatic carbocycles. The number of piperidine rings is 1. The summed E-state index contributed by atoms with van der Waals surface area (Å²) in [6.07, 6.45) is 1.03. The Labute approximate surface area is 161 Å². The molecule has 0 aliphatic carbocycles. The van der Waals surface area contributed by atoms with Gasteiger partial charge in [0, 0.05) is 18.7 Å². The molecule has 9 heteroatoms. The van der Waals surface area contributed by atoms with Crippen LogP contribution in [0.25, 0.3) is 0 Å². The van der Waals surface area contributed by atoms with Gasteiger partial charge in [0.25, 0.3) is 5.91 Å². The van der Waals surface area contributed by atoms with Crippen molar-refractivity contribution in [1.82, 2.24) is 9.80 Å². The summed E-state index contributed by atoms with van der Waals surface area (Å²) in [5.74, 6) is -1.42. The fourth-order valence-corrected chi connectivity index (χ4v) is 5.64. The van der Waals surface area contributed by atoms with Gasteiger partial charge in [0.1, 0.15) is 23.1 Å². The molecular weight excluding hydrogens is 380 g/mol. The number of hydrogen-bond donors (Lipinski definition) is 0. The maximum Gasteiger partial charge on any atom is 0.330 e. The first-order chi connectivity index (χ1) is 12.0. The number of thioether (sulfide) groups is 1. The minimum Gasteiger partial charge on any atom is -0.458 e. The minimum atomic E-state index is -0.852. The van der Waals surface area contributed by atoms with Crippen LogP contribution in [0.2, 0.25) is 0 Å².